The zero-order valence-corrected chi connectivity index (χ0v) is 23.9. The van der Waals surface area contributed by atoms with Gasteiger partial charge in [-0.2, -0.15) is 0 Å². The fourth-order valence-electron chi connectivity index (χ4n) is 5.71. The van der Waals surface area contributed by atoms with Crippen molar-refractivity contribution < 1.29 is 8.78 Å². The van der Waals surface area contributed by atoms with Crippen LogP contribution in [0.4, 0.5) is 8.78 Å². The summed E-state index contributed by atoms with van der Waals surface area (Å²) in [4.78, 5) is 0. The molecule has 0 saturated carbocycles. The van der Waals surface area contributed by atoms with Crippen LogP contribution in [-0.4, -0.2) is 0 Å². The highest BCUT2D eigenvalue weighted by atomic mass is 32.1. The first-order valence-corrected chi connectivity index (χ1v) is 15.4. The lowest BCUT2D eigenvalue weighted by molar-refractivity contribution is 0.631. The number of rotatable bonds is 4. The minimum absolute atomic E-state index is 0.220. The summed E-state index contributed by atoms with van der Waals surface area (Å²) in [6.45, 7) is 0. The van der Waals surface area contributed by atoms with Crippen molar-refractivity contribution >= 4 is 52.2 Å². The standard InChI is InChI=1S/C38H22F2S2/c39-33-19-25(11-15-29(33)23-7-3-1-4-8-23)27-13-17-31-35(21-27)41-38-32-18-14-28(22-36(32)42-37(31)38)26-12-16-30(34(40)20-26)24-9-5-2-6-10-24/h1-22H. The van der Waals surface area contributed by atoms with Gasteiger partial charge < -0.3 is 0 Å². The zero-order valence-electron chi connectivity index (χ0n) is 22.3. The lowest BCUT2D eigenvalue weighted by atomic mass is 9.99. The molecule has 4 heteroatoms. The quantitative estimate of drug-likeness (QED) is 0.194. The molecule has 0 radical (unpaired) electrons. The molecule has 0 aliphatic carbocycles. The topological polar surface area (TPSA) is 0 Å². The molecule has 6 aromatic carbocycles. The van der Waals surface area contributed by atoms with Crippen molar-refractivity contribution in [1.29, 1.82) is 0 Å². The predicted molar refractivity (Wildman–Crippen MR) is 176 cm³/mol. The number of fused-ring (bicyclic) bond motifs is 5. The van der Waals surface area contributed by atoms with Gasteiger partial charge in [-0.1, -0.05) is 109 Å². The third-order valence-corrected chi connectivity index (χ3v) is 10.4. The molecule has 2 aromatic heterocycles. The summed E-state index contributed by atoms with van der Waals surface area (Å²) in [6, 6.07) is 43.1. The summed E-state index contributed by atoms with van der Waals surface area (Å²) < 4.78 is 35.1. The van der Waals surface area contributed by atoms with E-state index in [9.17, 15) is 0 Å². The van der Waals surface area contributed by atoms with E-state index in [0.717, 1.165) is 33.4 Å². The molecular formula is C38H22F2S2. The number of thiophene rings is 2. The number of hydrogen-bond donors (Lipinski definition) is 0. The van der Waals surface area contributed by atoms with E-state index in [1.165, 1.54) is 29.6 Å². The molecule has 0 N–H and O–H groups in total. The maximum Gasteiger partial charge on any atom is 0.131 e. The van der Waals surface area contributed by atoms with Gasteiger partial charge in [0.25, 0.3) is 0 Å². The predicted octanol–water partition coefficient (Wildman–Crippen LogP) is 12.2. The summed E-state index contributed by atoms with van der Waals surface area (Å²) >= 11 is 3.54. The van der Waals surface area contributed by atoms with Crippen LogP contribution in [0.2, 0.25) is 0 Å². The molecule has 0 nitrogen and oxygen atoms in total. The Bertz CT molecular complexity index is 2100. The van der Waals surface area contributed by atoms with Gasteiger partial charge >= 0.3 is 0 Å². The van der Waals surface area contributed by atoms with Crippen molar-refractivity contribution in [1.82, 2.24) is 0 Å². The van der Waals surface area contributed by atoms with Crippen LogP contribution in [0, 0.1) is 11.6 Å². The highest BCUT2D eigenvalue weighted by Crippen LogP contribution is 2.46. The molecule has 0 aliphatic heterocycles. The molecular weight excluding hydrogens is 559 g/mol. The smallest absolute Gasteiger partial charge is 0.131 e. The molecule has 8 aromatic rings. The Labute approximate surface area is 249 Å². The summed E-state index contributed by atoms with van der Waals surface area (Å²) in [7, 11) is 0. The highest BCUT2D eigenvalue weighted by molar-refractivity contribution is 7.36. The normalized spacial score (nSPS) is 11.6. The molecule has 0 bridgehead atoms. The van der Waals surface area contributed by atoms with E-state index in [0.29, 0.717) is 11.1 Å². The summed E-state index contributed by atoms with van der Waals surface area (Å²) in [5.41, 5.74) is 6.71. The Morgan fingerprint density at radius 1 is 0.357 bits per heavy atom. The largest absolute Gasteiger partial charge is 0.206 e. The van der Waals surface area contributed by atoms with Crippen molar-refractivity contribution in [2.24, 2.45) is 0 Å². The Balaban J connectivity index is 1.14. The summed E-state index contributed by atoms with van der Waals surface area (Å²) in [5.74, 6) is -0.440. The molecule has 0 amide bonds. The van der Waals surface area contributed by atoms with Gasteiger partial charge in [0.05, 0.1) is 9.40 Å². The van der Waals surface area contributed by atoms with Gasteiger partial charge in [0.15, 0.2) is 0 Å². The molecule has 2 heterocycles. The monoisotopic (exact) mass is 580 g/mol. The molecule has 0 spiro atoms. The SMILES string of the molecule is Fc1cc(-c2ccc3c(c2)sc2c4ccc(-c5ccc(-c6ccccc6)c(F)c5)cc4sc32)ccc1-c1ccccc1. The van der Waals surface area contributed by atoms with E-state index in [1.807, 2.05) is 84.9 Å². The first-order valence-electron chi connectivity index (χ1n) is 13.7. The Morgan fingerprint density at radius 3 is 1.14 bits per heavy atom. The summed E-state index contributed by atoms with van der Waals surface area (Å²) in [6.07, 6.45) is 0. The van der Waals surface area contributed by atoms with Crippen LogP contribution in [-0.2, 0) is 0 Å². The van der Waals surface area contributed by atoms with Gasteiger partial charge in [-0.3, -0.25) is 0 Å². The van der Waals surface area contributed by atoms with Crippen molar-refractivity contribution in [3.8, 4) is 44.5 Å². The Hall–Kier alpha value is -4.64. The average molecular weight is 581 g/mol. The maximum atomic E-state index is 15.1. The maximum absolute atomic E-state index is 15.1. The number of benzene rings is 6. The molecule has 0 atom stereocenters. The lowest BCUT2D eigenvalue weighted by Crippen LogP contribution is -1.86. The fraction of sp³-hybridized carbons (Fsp3) is 0. The second-order valence-corrected chi connectivity index (χ2v) is 12.5. The van der Waals surface area contributed by atoms with Gasteiger partial charge in [-0.25, -0.2) is 8.78 Å². The fourth-order valence-corrected chi connectivity index (χ4v) is 8.44. The third kappa shape index (κ3) is 4.23. The van der Waals surface area contributed by atoms with Gasteiger partial charge in [-0.05, 0) is 57.6 Å². The van der Waals surface area contributed by atoms with Gasteiger partial charge in [0.2, 0.25) is 0 Å². The van der Waals surface area contributed by atoms with Gasteiger partial charge in [-0.15, -0.1) is 22.7 Å². The van der Waals surface area contributed by atoms with Crippen LogP contribution in [0.5, 0.6) is 0 Å². The highest BCUT2D eigenvalue weighted by Gasteiger charge is 2.15. The first-order chi connectivity index (χ1) is 20.6. The zero-order chi connectivity index (χ0) is 28.2. The average Bonchev–Trinajstić information content (AvgIpc) is 3.57. The minimum Gasteiger partial charge on any atom is -0.206 e. The number of hydrogen-bond acceptors (Lipinski definition) is 2. The lowest BCUT2D eigenvalue weighted by Gasteiger charge is -2.07. The van der Waals surface area contributed by atoms with Crippen molar-refractivity contribution in [2.45, 2.75) is 0 Å². The van der Waals surface area contributed by atoms with Gasteiger partial charge in [0, 0.05) is 31.3 Å². The molecule has 0 fully saturated rings. The van der Waals surface area contributed by atoms with Crippen LogP contribution < -0.4 is 0 Å². The van der Waals surface area contributed by atoms with Crippen LogP contribution in [0.15, 0.2) is 133 Å². The van der Waals surface area contributed by atoms with E-state index >= 15 is 8.78 Å². The van der Waals surface area contributed by atoms with E-state index < -0.39 is 0 Å². The summed E-state index contributed by atoms with van der Waals surface area (Å²) in [5, 5.41) is 2.42. The molecule has 0 saturated heterocycles. The van der Waals surface area contributed by atoms with Crippen molar-refractivity contribution in [3.63, 3.8) is 0 Å². The van der Waals surface area contributed by atoms with Crippen LogP contribution in [0.1, 0.15) is 0 Å². The molecule has 0 aliphatic rings. The molecule has 0 unspecified atom stereocenters. The first kappa shape index (κ1) is 25.1. The number of halogens is 2. The second-order valence-electron chi connectivity index (χ2n) is 10.4. The molecule has 8 rings (SSSR count). The minimum atomic E-state index is -0.220. The van der Waals surface area contributed by atoms with Crippen molar-refractivity contribution in [2.75, 3.05) is 0 Å². The van der Waals surface area contributed by atoms with E-state index in [4.69, 9.17) is 0 Å². The van der Waals surface area contributed by atoms with E-state index in [2.05, 4.69) is 36.4 Å². The molecule has 42 heavy (non-hydrogen) atoms. The second kappa shape index (κ2) is 10.0. The van der Waals surface area contributed by atoms with E-state index in [1.54, 1.807) is 34.8 Å². The van der Waals surface area contributed by atoms with Crippen LogP contribution >= 0.6 is 22.7 Å². The third-order valence-electron chi connectivity index (χ3n) is 7.86. The Kier molecular flexibility index (Phi) is 5.99. The Morgan fingerprint density at radius 2 is 0.738 bits per heavy atom. The molecule has 200 valence electrons. The van der Waals surface area contributed by atoms with Crippen LogP contribution in [0.3, 0.4) is 0 Å². The van der Waals surface area contributed by atoms with Crippen molar-refractivity contribution in [3.05, 3.63) is 145 Å². The van der Waals surface area contributed by atoms with Gasteiger partial charge in [0.1, 0.15) is 11.6 Å². The van der Waals surface area contributed by atoms with Crippen LogP contribution in [0.25, 0.3) is 74.1 Å². The van der Waals surface area contributed by atoms with E-state index in [-0.39, 0.29) is 11.6 Å².